The van der Waals surface area contributed by atoms with E-state index in [2.05, 4.69) is 4.74 Å². The Morgan fingerprint density at radius 1 is 1.04 bits per heavy atom. The van der Waals surface area contributed by atoms with Crippen molar-refractivity contribution in [3.8, 4) is 11.1 Å². The van der Waals surface area contributed by atoms with E-state index in [4.69, 9.17) is 16.4 Å². The molecule has 1 amide bonds. The molecule has 0 unspecified atom stereocenters. The van der Waals surface area contributed by atoms with E-state index >= 15 is 9.18 Å². The average Bonchev–Trinajstić information content (AvgIpc) is 3.28. The molecular formula is C41H40F5N3O3S. The molecule has 12 heteroatoms. The highest BCUT2D eigenvalue weighted by molar-refractivity contribution is 7.98. The van der Waals surface area contributed by atoms with Crippen LogP contribution in [0, 0.1) is 18.6 Å². The molecular weight excluding hydrogens is 710 g/mol. The van der Waals surface area contributed by atoms with Crippen LogP contribution in [-0.2, 0) is 34.5 Å². The number of alkyl halides is 3. The van der Waals surface area contributed by atoms with Crippen LogP contribution < -0.4 is 5.43 Å². The van der Waals surface area contributed by atoms with Gasteiger partial charge in [0.2, 0.25) is 5.91 Å². The number of thioether (sulfide) groups is 1. The first-order valence-electron chi connectivity index (χ1n) is 24.1. The molecule has 0 aliphatic carbocycles. The van der Waals surface area contributed by atoms with Gasteiger partial charge in [-0.25, -0.2) is 8.78 Å². The number of benzene rings is 4. The summed E-state index contributed by atoms with van der Waals surface area (Å²) in [7, 11) is 0.810. The lowest BCUT2D eigenvalue weighted by Gasteiger charge is -2.39. The summed E-state index contributed by atoms with van der Waals surface area (Å²) in [5, 5.41) is -1.79. The highest BCUT2D eigenvalue weighted by Gasteiger charge is 2.31. The van der Waals surface area contributed by atoms with Crippen LogP contribution in [0.3, 0.4) is 0 Å². The molecule has 0 atom stereocenters. The zero-order valence-corrected chi connectivity index (χ0v) is 28.7. The fourth-order valence-corrected chi connectivity index (χ4v) is 5.87. The summed E-state index contributed by atoms with van der Waals surface area (Å²) in [4.78, 5) is 29.2. The monoisotopic (exact) mass is 766 g/mol. The van der Waals surface area contributed by atoms with Gasteiger partial charge in [0.15, 0.2) is 17.1 Å². The van der Waals surface area contributed by atoms with Gasteiger partial charge in [-0.1, -0.05) is 54.6 Å². The van der Waals surface area contributed by atoms with Crippen molar-refractivity contribution in [1.29, 1.82) is 0 Å². The van der Waals surface area contributed by atoms with Gasteiger partial charge in [0, 0.05) is 75.6 Å². The lowest BCUT2D eigenvalue weighted by molar-refractivity contribution is -0.137. The lowest BCUT2D eigenvalue weighted by Crippen LogP contribution is -2.48. The Morgan fingerprint density at radius 2 is 1.72 bits per heavy atom. The summed E-state index contributed by atoms with van der Waals surface area (Å²) in [6.45, 7) is -13.8. The first kappa shape index (κ1) is 22.0. The number of nitrogens with zero attached hydrogens (tertiary/aromatic N) is 3. The number of aromatic nitrogens is 1. The van der Waals surface area contributed by atoms with Crippen molar-refractivity contribution < 1.29 is 54.8 Å². The second-order valence-electron chi connectivity index (χ2n) is 11.4. The number of ether oxygens (including phenoxy) is 1. The highest BCUT2D eigenvalue weighted by Crippen LogP contribution is 2.32. The summed E-state index contributed by atoms with van der Waals surface area (Å²) in [6, 6.07) is 3.65. The third kappa shape index (κ3) is 9.17. The van der Waals surface area contributed by atoms with Crippen LogP contribution in [0.5, 0.6) is 0 Å². The van der Waals surface area contributed by atoms with Crippen molar-refractivity contribution in [3.05, 3.63) is 135 Å². The Hall–Kier alpha value is -4.52. The highest BCUT2D eigenvalue weighted by atomic mass is 32.2. The van der Waals surface area contributed by atoms with Gasteiger partial charge in [0.05, 0.1) is 32.3 Å². The minimum Gasteiger partial charge on any atom is -0.383 e. The van der Waals surface area contributed by atoms with E-state index in [9.17, 15) is 29.2 Å². The Morgan fingerprint density at radius 3 is 2.38 bits per heavy atom. The van der Waals surface area contributed by atoms with Crippen LogP contribution in [0.2, 0.25) is 0 Å². The molecule has 0 N–H and O–H groups in total. The topological polar surface area (TPSA) is 54.8 Å². The van der Waals surface area contributed by atoms with Crippen LogP contribution in [0.25, 0.3) is 22.0 Å². The number of halogens is 5. The van der Waals surface area contributed by atoms with Crippen LogP contribution >= 0.6 is 11.8 Å². The lowest BCUT2D eigenvalue weighted by atomic mass is 10.00. The molecule has 53 heavy (non-hydrogen) atoms. The molecule has 0 saturated carbocycles. The van der Waals surface area contributed by atoms with Gasteiger partial charge in [-0.3, -0.25) is 9.59 Å². The molecule has 6 rings (SSSR count). The van der Waals surface area contributed by atoms with Gasteiger partial charge in [-0.15, -0.1) is 11.8 Å². The second kappa shape index (κ2) is 16.7. The zero-order valence-electron chi connectivity index (χ0n) is 44.8. The normalized spacial score (nSPS) is 23.8. The molecule has 5 aromatic rings. The number of carbonyl (C=O) groups excluding carboxylic acids is 1. The molecule has 1 aliphatic rings. The molecule has 1 saturated heterocycles. The standard InChI is InChI=1S/C41H40F5N3O3S/c1-27-6-15-34-36(22-27)49(39(23-37(34)50)53-26-31-4-3-5-35(42)40(31)43)25-38(51)48(33-16-18-47(19-17-33)20-21-52-2)24-28-7-9-29(10-8-28)30-11-13-32(14-12-30)41(44,45)46/h3-15,22-23,33H,16-21,24-26H2,1-2H3/i6D,15D,16D2,17D2,18D2,19D2,21D2,22D,23D,26D2,33D. The number of methoxy groups -OCH3 is 1. The number of fused-ring (bicyclic) bond motifs is 1. The quantitative estimate of drug-likeness (QED) is 0.0940. The van der Waals surface area contributed by atoms with E-state index in [-0.39, 0.29) is 43.8 Å². The Bertz CT molecular complexity index is 2910. The number of carbonyl (C=O) groups is 1. The summed E-state index contributed by atoms with van der Waals surface area (Å²) in [5.74, 6) is -4.91. The van der Waals surface area contributed by atoms with Crippen molar-refractivity contribution in [1.82, 2.24) is 14.4 Å². The van der Waals surface area contributed by atoms with Crippen molar-refractivity contribution in [2.45, 2.75) is 55.7 Å². The average molecular weight is 767 g/mol. The predicted octanol–water partition coefficient (Wildman–Crippen LogP) is 8.71. The fourth-order valence-electron chi connectivity index (χ4n) is 5.09. The molecule has 278 valence electrons. The number of hydrogen-bond donors (Lipinski definition) is 0. The van der Waals surface area contributed by atoms with Gasteiger partial charge in [0.25, 0.3) is 0 Å². The second-order valence-corrected chi connectivity index (χ2v) is 12.2. The maximum atomic E-state index is 15.4. The van der Waals surface area contributed by atoms with Crippen molar-refractivity contribution in [3.63, 3.8) is 0 Å². The largest absolute Gasteiger partial charge is 0.416 e. The van der Waals surface area contributed by atoms with E-state index in [1.165, 1.54) is 24.3 Å². The van der Waals surface area contributed by atoms with Gasteiger partial charge in [-0.2, -0.15) is 13.2 Å². The number of rotatable bonds is 12. The SMILES string of the molecule is [2H]c1c(C)c([2H])c2c(c1[2H])c(=O)c([2H])c(SC([2H])([2H])c1cccc(F)c1F)n2CC(=O)N(Cc1ccc(-c2ccc(C(F)(F)F)cc2)cc1)C1([2H])C([2H])([2H])C([2H])([2H])N(CC([2H])([2H])OC)C([2H])([2H])C1([2H])[2H]. The van der Waals surface area contributed by atoms with E-state index in [0.717, 1.165) is 50.4 Å². The minimum atomic E-state index is -4.67. The third-order valence-corrected chi connectivity index (χ3v) is 8.62. The van der Waals surface area contributed by atoms with Crippen molar-refractivity contribution in [2.24, 2.45) is 0 Å². The maximum absolute atomic E-state index is 15.4. The summed E-state index contributed by atoms with van der Waals surface area (Å²) >= 11 is -0.162. The first-order chi connectivity index (χ1) is 31.9. The summed E-state index contributed by atoms with van der Waals surface area (Å²) in [6.07, 6.45) is -12.9. The molecule has 0 bridgehead atoms. The van der Waals surface area contributed by atoms with Gasteiger partial charge >= 0.3 is 6.18 Å². The number of piperidine rings is 1. The number of likely N-dealkylation sites (tertiary alicyclic amines) is 1. The molecule has 1 fully saturated rings. The maximum Gasteiger partial charge on any atom is 0.416 e. The molecule has 4 aromatic carbocycles. The first-order valence-corrected chi connectivity index (χ1v) is 16.4. The van der Waals surface area contributed by atoms with Crippen LogP contribution in [0.1, 0.15) is 58.3 Å². The Labute approximate surface area is 333 Å². The van der Waals surface area contributed by atoms with Gasteiger partial charge in [0.1, 0.15) is 6.54 Å². The van der Waals surface area contributed by atoms with Crippen molar-refractivity contribution in [2.75, 3.05) is 33.2 Å². The van der Waals surface area contributed by atoms with Crippen LogP contribution in [-0.4, -0.2) is 59.5 Å². The smallest absolute Gasteiger partial charge is 0.383 e. The van der Waals surface area contributed by atoms with Gasteiger partial charge < -0.3 is 19.1 Å². The van der Waals surface area contributed by atoms with Crippen molar-refractivity contribution >= 4 is 28.6 Å². The molecule has 0 radical (unpaired) electrons. The van der Waals surface area contributed by atoms with Crippen LogP contribution in [0.4, 0.5) is 22.0 Å². The summed E-state index contributed by atoms with van der Waals surface area (Å²) < 4.78 is 226. The zero-order chi connectivity index (χ0) is 52.9. The molecule has 2 heterocycles. The minimum absolute atomic E-state index is 0.0674. The molecule has 6 nitrogen and oxygen atoms in total. The Kier molecular flexibility index (Phi) is 6.91. The van der Waals surface area contributed by atoms with E-state index in [0.29, 0.717) is 10.6 Å². The fraction of sp³-hybridized carbons (Fsp3) is 0.317. The van der Waals surface area contributed by atoms with E-state index < -0.39 is 144 Å². The summed E-state index contributed by atoms with van der Waals surface area (Å²) in [5.41, 5.74) is -7.19. The van der Waals surface area contributed by atoms with Crippen LogP contribution in [0.15, 0.2) is 101 Å². The molecule has 0 spiro atoms. The number of amides is 1. The number of pyridine rings is 1. The van der Waals surface area contributed by atoms with E-state index in [1.54, 1.807) is 0 Å². The van der Waals surface area contributed by atoms with E-state index in [1.807, 2.05) is 0 Å². The van der Waals surface area contributed by atoms with Gasteiger partial charge in [-0.05, 0) is 72.2 Å². The third-order valence-electron chi connectivity index (χ3n) is 7.78. The number of hydrogen-bond acceptors (Lipinski definition) is 5. The predicted molar refractivity (Wildman–Crippen MR) is 198 cm³/mol. The molecule has 1 aromatic heterocycles. The molecule has 1 aliphatic heterocycles. The Balaban J connectivity index is 1.62.